The summed E-state index contributed by atoms with van der Waals surface area (Å²) < 4.78 is 2.60. The van der Waals surface area contributed by atoms with Crippen LogP contribution in [0.1, 0.15) is 25.0 Å². The van der Waals surface area contributed by atoms with Gasteiger partial charge in [0.2, 0.25) is 0 Å². The summed E-state index contributed by atoms with van der Waals surface area (Å²) in [4.78, 5) is 2.50. The van der Waals surface area contributed by atoms with Crippen LogP contribution in [-0.4, -0.2) is 0 Å². The lowest BCUT2D eigenvalue weighted by Gasteiger charge is -2.30. The van der Waals surface area contributed by atoms with Crippen LogP contribution < -0.4 is 4.90 Å². The maximum absolute atomic E-state index is 2.50. The molecule has 0 radical (unpaired) electrons. The molecule has 0 N–H and O–H groups in total. The molecule has 0 unspecified atom stereocenters. The molecule has 0 saturated carbocycles. The number of thiophene rings is 1. The van der Waals surface area contributed by atoms with Crippen LogP contribution in [0.4, 0.5) is 17.1 Å². The maximum Gasteiger partial charge on any atom is 0.0547 e. The summed E-state index contributed by atoms with van der Waals surface area (Å²) in [6, 6.07) is 69.8. The van der Waals surface area contributed by atoms with Gasteiger partial charge in [-0.05, 0) is 115 Å². The van der Waals surface area contributed by atoms with Gasteiger partial charge in [0.15, 0.2) is 0 Å². The van der Waals surface area contributed by atoms with E-state index in [0.717, 1.165) is 17.1 Å². The monoisotopic (exact) mass is 719 g/mol. The fourth-order valence-corrected chi connectivity index (χ4v) is 10.2. The van der Waals surface area contributed by atoms with E-state index >= 15 is 0 Å². The summed E-state index contributed by atoms with van der Waals surface area (Å²) in [5.74, 6) is 0. The van der Waals surface area contributed by atoms with Gasteiger partial charge >= 0.3 is 0 Å². The third-order valence-electron chi connectivity index (χ3n) is 11.8. The molecule has 0 bridgehead atoms. The highest BCUT2D eigenvalue weighted by Gasteiger charge is 2.36. The van der Waals surface area contributed by atoms with Gasteiger partial charge in [0.05, 0.1) is 5.69 Å². The lowest BCUT2D eigenvalue weighted by atomic mass is 9.82. The number of anilines is 3. The van der Waals surface area contributed by atoms with E-state index in [1.807, 2.05) is 11.3 Å². The Morgan fingerprint density at radius 2 is 1.02 bits per heavy atom. The van der Waals surface area contributed by atoms with Crippen molar-refractivity contribution in [2.75, 3.05) is 4.90 Å². The Labute approximate surface area is 325 Å². The molecule has 10 aromatic rings. The Morgan fingerprint density at radius 3 is 1.80 bits per heavy atom. The molecule has 11 rings (SSSR count). The first kappa shape index (κ1) is 32.0. The van der Waals surface area contributed by atoms with Crippen molar-refractivity contribution in [2.24, 2.45) is 0 Å². The van der Waals surface area contributed by atoms with Crippen LogP contribution in [0.3, 0.4) is 0 Å². The second kappa shape index (κ2) is 12.3. The highest BCUT2D eigenvalue weighted by Crippen LogP contribution is 2.53. The molecule has 1 nitrogen and oxygen atoms in total. The Balaban J connectivity index is 1.17. The fourth-order valence-electron chi connectivity index (χ4n) is 9.06. The van der Waals surface area contributed by atoms with Crippen LogP contribution in [-0.2, 0) is 5.41 Å². The molecule has 0 amide bonds. The SMILES string of the molecule is CC1(C)c2ccccc2-c2ccc(N(c3ccc(-c4ccc5ccccc5c4)cc3)c3ccc4sc5ccccc5c4c3-c3ccc4ccccc4c3)cc21. The first-order valence-corrected chi connectivity index (χ1v) is 19.9. The van der Waals surface area contributed by atoms with E-state index in [4.69, 9.17) is 0 Å². The highest BCUT2D eigenvalue weighted by molar-refractivity contribution is 7.26. The van der Waals surface area contributed by atoms with E-state index in [0.29, 0.717) is 0 Å². The number of benzene rings is 9. The number of rotatable bonds is 5. The molecule has 0 atom stereocenters. The summed E-state index contributed by atoms with van der Waals surface area (Å²) in [6.07, 6.45) is 0. The van der Waals surface area contributed by atoms with Gasteiger partial charge in [-0.1, -0.05) is 147 Å². The second-order valence-electron chi connectivity index (χ2n) is 15.3. The smallest absolute Gasteiger partial charge is 0.0547 e. The minimum Gasteiger partial charge on any atom is -0.310 e. The molecule has 0 fully saturated rings. The predicted molar refractivity (Wildman–Crippen MR) is 237 cm³/mol. The van der Waals surface area contributed by atoms with Gasteiger partial charge in [-0.15, -0.1) is 11.3 Å². The zero-order valence-corrected chi connectivity index (χ0v) is 31.6. The van der Waals surface area contributed by atoms with Crippen LogP contribution in [0.15, 0.2) is 188 Å². The summed E-state index contributed by atoms with van der Waals surface area (Å²) in [6.45, 7) is 4.74. The molecule has 55 heavy (non-hydrogen) atoms. The molecular formula is C53H37NS. The van der Waals surface area contributed by atoms with Crippen molar-refractivity contribution in [2.45, 2.75) is 19.3 Å². The van der Waals surface area contributed by atoms with Gasteiger partial charge in [0.1, 0.15) is 0 Å². The van der Waals surface area contributed by atoms with Crippen LogP contribution in [0.2, 0.25) is 0 Å². The van der Waals surface area contributed by atoms with E-state index in [1.165, 1.54) is 86.2 Å². The average Bonchev–Trinajstić information content (AvgIpc) is 3.72. The Morgan fingerprint density at radius 1 is 0.418 bits per heavy atom. The van der Waals surface area contributed by atoms with Crippen molar-refractivity contribution in [3.8, 4) is 33.4 Å². The molecular weight excluding hydrogens is 683 g/mol. The molecule has 260 valence electrons. The van der Waals surface area contributed by atoms with Crippen molar-refractivity contribution in [1.82, 2.24) is 0 Å². The van der Waals surface area contributed by atoms with E-state index in [1.54, 1.807) is 0 Å². The van der Waals surface area contributed by atoms with E-state index < -0.39 is 0 Å². The third-order valence-corrected chi connectivity index (χ3v) is 13.0. The van der Waals surface area contributed by atoms with Crippen molar-refractivity contribution in [3.05, 3.63) is 199 Å². The average molecular weight is 720 g/mol. The molecule has 1 heterocycles. The van der Waals surface area contributed by atoms with E-state index in [2.05, 4.69) is 207 Å². The van der Waals surface area contributed by atoms with Gasteiger partial charge in [-0.3, -0.25) is 0 Å². The lowest BCUT2D eigenvalue weighted by Crippen LogP contribution is -2.17. The number of fused-ring (bicyclic) bond motifs is 8. The quantitative estimate of drug-likeness (QED) is 0.171. The van der Waals surface area contributed by atoms with Crippen molar-refractivity contribution in [3.63, 3.8) is 0 Å². The largest absolute Gasteiger partial charge is 0.310 e. The van der Waals surface area contributed by atoms with Crippen molar-refractivity contribution >= 4 is 70.1 Å². The number of hydrogen-bond donors (Lipinski definition) is 0. The molecule has 9 aromatic carbocycles. The summed E-state index contributed by atoms with van der Waals surface area (Å²) in [5, 5.41) is 7.60. The third kappa shape index (κ3) is 5.06. The number of hydrogen-bond acceptors (Lipinski definition) is 2. The van der Waals surface area contributed by atoms with Crippen LogP contribution in [0, 0.1) is 0 Å². The van der Waals surface area contributed by atoms with Gasteiger partial charge in [0, 0.05) is 42.5 Å². The van der Waals surface area contributed by atoms with E-state index in [-0.39, 0.29) is 5.41 Å². The van der Waals surface area contributed by atoms with Gasteiger partial charge in [-0.2, -0.15) is 0 Å². The Bertz CT molecular complexity index is 3130. The van der Waals surface area contributed by atoms with Gasteiger partial charge < -0.3 is 4.90 Å². The molecule has 0 aliphatic heterocycles. The molecule has 1 aliphatic rings. The van der Waals surface area contributed by atoms with Crippen molar-refractivity contribution < 1.29 is 0 Å². The highest BCUT2D eigenvalue weighted by atomic mass is 32.1. The first-order chi connectivity index (χ1) is 27.0. The zero-order valence-electron chi connectivity index (χ0n) is 30.8. The standard InChI is InChI=1S/C53H37NS/c1-53(2)46-17-9-7-15-43(46)44-28-27-42(33-47(44)53)54(41-25-23-36(24-26-41)39-21-19-34-11-3-5-13-37(34)31-39)48-29-30-50-52(45-16-8-10-18-49(45)55-50)51(48)40-22-20-35-12-4-6-14-38(35)32-40/h3-33H,1-2H3. The van der Waals surface area contributed by atoms with E-state index in [9.17, 15) is 0 Å². The fraction of sp³-hybridized carbons (Fsp3) is 0.0566. The second-order valence-corrected chi connectivity index (χ2v) is 16.4. The Kier molecular flexibility index (Phi) is 7.14. The molecule has 1 aromatic heterocycles. The normalized spacial score (nSPS) is 13.1. The maximum atomic E-state index is 2.50. The Hall–Kier alpha value is -6.48. The lowest BCUT2D eigenvalue weighted by molar-refractivity contribution is 0.660. The molecule has 2 heteroatoms. The minimum atomic E-state index is -0.123. The molecule has 0 spiro atoms. The van der Waals surface area contributed by atoms with Gasteiger partial charge in [-0.25, -0.2) is 0 Å². The van der Waals surface area contributed by atoms with Crippen LogP contribution in [0.5, 0.6) is 0 Å². The zero-order chi connectivity index (χ0) is 36.7. The molecule has 1 aliphatic carbocycles. The first-order valence-electron chi connectivity index (χ1n) is 19.1. The predicted octanol–water partition coefficient (Wildman–Crippen LogP) is 15.5. The van der Waals surface area contributed by atoms with Gasteiger partial charge in [0.25, 0.3) is 0 Å². The minimum absolute atomic E-state index is 0.123. The summed E-state index contributed by atoms with van der Waals surface area (Å²) in [7, 11) is 0. The summed E-state index contributed by atoms with van der Waals surface area (Å²) in [5.41, 5.74) is 13.6. The molecule has 0 saturated heterocycles. The van der Waals surface area contributed by atoms with Crippen LogP contribution >= 0.6 is 11.3 Å². The summed E-state index contributed by atoms with van der Waals surface area (Å²) >= 11 is 1.88. The van der Waals surface area contributed by atoms with Crippen molar-refractivity contribution in [1.29, 1.82) is 0 Å². The number of nitrogens with zero attached hydrogens (tertiary/aromatic N) is 1. The van der Waals surface area contributed by atoms with Crippen LogP contribution in [0.25, 0.3) is 75.1 Å². The topological polar surface area (TPSA) is 3.24 Å².